The minimum absolute atomic E-state index is 0. The Morgan fingerprint density at radius 3 is 2.07 bits per heavy atom. The predicted molar refractivity (Wildman–Crippen MR) is 116 cm³/mol. The fourth-order valence-electron chi connectivity index (χ4n) is 2.56. The lowest BCUT2D eigenvalue weighted by Gasteiger charge is -2.33. The minimum Gasteiger partial charge on any atom is -0.345 e. The Morgan fingerprint density at radius 2 is 1.61 bits per heavy atom. The quantitative estimate of drug-likeness (QED) is 0.711. The number of amides is 1. The molecular formula is C21H29ClN2O3S. The van der Waals surface area contributed by atoms with Gasteiger partial charge in [0.2, 0.25) is 0 Å². The van der Waals surface area contributed by atoms with Crippen molar-refractivity contribution in [3.05, 3.63) is 65.2 Å². The zero-order valence-electron chi connectivity index (χ0n) is 16.7. The van der Waals surface area contributed by atoms with E-state index in [-0.39, 0.29) is 30.0 Å². The van der Waals surface area contributed by atoms with Gasteiger partial charge in [0.05, 0.1) is 16.2 Å². The Labute approximate surface area is 174 Å². The number of nitrogens with one attached hydrogen (secondary N) is 1. The molecule has 0 aromatic heterocycles. The van der Waals surface area contributed by atoms with Gasteiger partial charge in [-0.3, -0.25) is 4.79 Å². The Morgan fingerprint density at radius 1 is 1.07 bits per heavy atom. The third kappa shape index (κ3) is 5.80. The summed E-state index contributed by atoms with van der Waals surface area (Å²) in [7, 11) is -3.42. The van der Waals surface area contributed by atoms with E-state index in [0.29, 0.717) is 22.6 Å². The fraction of sp³-hybridized carbons (Fsp3) is 0.381. The molecule has 154 valence electrons. The van der Waals surface area contributed by atoms with Crippen LogP contribution in [-0.2, 0) is 15.6 Å². The summed E-state index contributed by atoms with van der Waals surface area (Å²) < 4.78 is 25.1. The number of hydrogen-bond donors (Lipinski definition) is 2. The van der Waals surface area contributed by atoms with Crippen LogP contribution >= 0.6 is 12.4 Å². The molecule has 0 aliphatic carbocycles. The van der Waals surface area contributed by atoms with Gasteiger partial charge in [-0.1, -0.05) is 43.7 Å². The topological polar surface area (TPSA) is 89.3 Å². The molecule has 0 aliphatic rings. The second-order valence-electron chi connectivity index (χ2n) is 7.50. The zero-order chi connectivity index (χ0) is 20.2. The van der Waals surface area contributed by atoms with Crippen molar-refractivity contribution in [2.24, 2.45) is 11.7 Å². The van der Waals surface area contributed by atoms with Crippen molar-refractivity contribution >= 4 is 28.2 Å². The number of aryl methyl sites for hydroxylation is 1. The monoisotopic (exact) mass is 424 g/mol. The molecule has 1 unspecified atom stereocenters. The van der Waals surface area contributed by atoms with Crippen molar-refractivity contribution in [1.29, 1.82) is 0 Å². The summed E-state index contributed by atoms with van der Waals surface area (Å²) in [5.41, 5.74) is 7.44. The van der Waals surface area contributed by atoms with E-state index >= 15 is 0 Å². The molecular weight excluding hydrogens is 396 g/mol. The van der Waals surface area contributed by atoms with Crippen LogP contribution in [-0.4, -0.2) is 26.4 Å². The zero-order valence-corrected chi connectivity index (χ0v) is 18.4. The highest BCUT2D eigenvalue weighted by Crippen LogP contribution is 2.19. The smallest absolute Gasteiger partial charge is 0.251 e. The molecule has 0 saturated carbocycles. The molecule has 0 spiro atoms. The molecule has 5 nitrogen and oxygen atoms in total. The van der Waals surface area contributed by atoms with Gasteiger partial charge in [-0.15, -0.1) is 12.4 Å². The molecule has 3 N–H and O–H groups in total. The number of carbonyl (C=O) groups excluding carboxylic acids is 1. The molecule has 0 heterocycles. The van der Waals surface area contributed by atoms with Gasteiger partial charge >= 0.3 is 0 Å². The van der Waals surface area contributed by atoms with Gasteiger partial charge < -0.3 is 11.1 Å². The molecule has 0 fully saturated rings. The highest BCUT2D eigenvalue weighted by atomic mass is 35.5. The first-order valence-corrected chi connectivity index (χ1v) is 10.6. The molecule has 0 radical (unpaired) electrons. The Kier molecular flexibility index (Phi) is 8.23. The van der Waals surface area contributed by atoms with Gasteiger partial charge in [0.25, 0.3) is 5.91 Å². The van der Waals surface area contributed by atoms with E-state index in [2.05, 4.69) is 5.32 Å². The third-order valence-electron chi connectivity index (χ3n) is 5.05. The standard InChI is InChI=1S/C21H28N2O3S.ClH/c1-15(2)21(4,14-22)23-20(24)18-9-7-17(8-10-18)13-27(25,26)19-11-5-16(3)6-12-19;/h5-12,15H,13-14,22H2,1-4H3,(H,23,24);1H. The van der Waals surface area contributed by atoms with E-state index in [1.807, 2.05) is 27.7 Å². The van der Waals surface area contributed by atoms with Crippen molar-refractivity contribution in [1.82, 2.24) is 5.32 Å². The SMILES string of the molecule is Cc1ccc(S(=O)(=O)Cc2ccc(C(=O)NC(C)(CN)C(C)C)cc2)cc1.Cl. The summed E-state index contributed by atoms with van der Waals surface area (Å²) in [5, 5.41) is 2.98. The number of benzene rings is 2. The number of halogens is 1. The average Bonchev–Trinajstić information content (AvgIpc) is 2.62. The molecule has 1 atom stereocenters. The summed E-state index contributed by atoms with van der Waals surface area (Å²) >= 11 is 0. The maximum atomic E-state index is 12.5. The molecule has 0 aliphatic heterocycles. The van der Waals surface area contributed by atoms with E-state index < -0.39 is 15.4 Å². The number of rotatable bonds is 7. The molecule has 2 aromatic carbocycles. The Hall–Kier alpha value is -1.89. The van der Waals surface area contributed by atoms with Crippen LogP contribution in [0.5, 0.6) is 0 Å². The first-order chi connectivity index (χ1) is 12.6. The largest absolute Gasteiger partial charge is 0.345 e. The van der Waals surface area contributed by atoms with E-state index in [1.165, 1.54) is 0 Å². The maximum Gasteiger partial charge on any atom is 0.251 e. The van der Waals surface area contributed by atoms with Gasteiger partial charge in [0.15, 0.2) is 9.84 Å². The molecule has 2 aromatic rings. The predicted octanol–water partition coefficient (Wildman–Crippen LogP) is 3.49. The number of nitrogens with two attached hydrogens (primary N) is 1. The molecule has 0 saturated heterocycles. The van der Waals surface area contributed by atoms with Crippen molar-refractivity contribution < 1.29 is 13.2 Å². The van der Waals surface area contributed by atoms with Crippen LogP contribution in [0.3, 0.4) is 0 Å². The fourth-order valence-corrected chi connectivity index (χ4v) is 3.91. The lowest BCUT2D eigenvalue weighted by atomic mass is 9.88. The number of sulfone groups is 1. The molecule has 7 heteroatoms. The van der Waals surface area contributed by atoms with E-state index in [9.17, 15) is 13.2 Å². The van der Waals surface area contributed by atoms with Gasteiger partial charge in [-0.05, 0) is 49.6 Å². The van der Waals surface area contributed by atoms with E-state index in [1.54, 1.807) is 48.5 Å². The average molecular weight is 425 g/mol. The van der Waals surface area contributed by atoms with Crippen LogP contribution in [0, 0.1) is 12.8 Å². The normalized spacial score (nSPS) is 13.5. The summed E-state index contributed by atoms with van der Waals surface area (Å²) in [6.07, 6.45) is 0. The molecule has 28 heavy (non-hydrogen) atoms. The summed E-state index contributed by atoms with van der Waals surface area (Å²) in [6.45, 7) is 8.18. The second kappa shape index (κ2) is 9.54. The molecule has 2 rings (SSSR count). The van der Waals surface area contributed by atoms with Crippen molar-refractivity contribution in [2.75, 3.05) is 6.54 Å². The number of carbonyl (C=O) groups is 1. The van der Waals surface area contributed by atoms with E-state index in [0.717, 1.165) is 5.56 Å². The summed E-state index contributed by atoms with van der Waals surface area (Å²) in [5.74, 6) is -0.139. The van der Waals surface area contributed by atoms with Crippen LogP contribution < -0.4 is 11.1 Å². The van der Waals surface area contributed by atoms with Crippen molar-refractivity contribution in [3.8, 4) is 0 Å². The first-order valence-electron chi connectivity index (χ1n) is 8.98. The first kappa shape index (κ1) is 24.1. The molecule has 1 amide bonds. The van der Waals surface area contributed by atoms with Crippen LogP contribution in [0.2, 0.25) is 0 Å². The third-order valence-corrected chi connectivity index (χ3v) is 6.75. The van der Waals surface area contributed by atoms with Gasteiger partial charge in [-0.25, -0.2) is 8.42 Å². The highest BCUT2D eigenvalue weighted by molar-refractivity contribution is 7.90. The molecule has 0 bridgehead atoms. The second-order valence-corrected chi connectivity index (χ2v) is 9.49. The van der Waals surface area contributed by atoms with Crippen LogP contribution in [0.25, 0.3) is 0 Å². The minimum atomic E-state index is -3.42. The van der Waals surface area contributed by atoms with Crippen molar-refractivity contribution in [2.45, 2.75) is 43.9 Å². The van der Waals surface area contributed by atoms with E-state index in [4.69, 9.17) is 5.73 Å². The summed E-state index contributed by atoms with van der Waals surface area (Å²) in [6, 6.07) is 13.4. The maximum absolute atomic E-state index is 12.5. The Bertz CT molecular complexity index is 894. The Balaban J connectivity index is 0.00000392. The van der Waals surface area contributed by atoms with Crippen LogP contribution in [0.4, 0.5) is 0 Å². The number of hydrogen-bond acceptors (Lipinski definition) is 4. The van der Waals surface area contributed by atoms with Crippen molar-refractivity contribution in [3.63, 3.8) is 0 Å². The summed E-state index contributed by atoms with van der Waals surface area (Å²) in [4.78, 5) is 12.8. The highest BCUT2D eigenvalue weighted by Gasteiger charge is 2.28. The van der Waals surface area contributed by atoms with Crippen LogP contribution in [0.1, 0.15) is 42.3 Å². The lowest BCUT2D eigenvalue weighted by molar-refractivity contribution is 0.0883. The van der Waals surface area contributed by atoms with Gasteiger partial charge in [0.1, 0.15) is 0 Å². The van der Waals surface area contributed by atoms with Gasteiger partial charge in [-0.2, -0.15) is 0 Å². The lowest BCUT2D eigenvalue weighted by Crippen LogP contribution is -2.55. The van der Waals surface area contributed by atoms with Crippen LogP contribution in [0.15, 0.2) is 53.4 Å². The van der Waals surface area contributed by atoms with Gasteiger partial charge in [0, 0.05) is 12.1 Å².